The number of carbonyl (C=O) groups excluding carboxylic acids is 2. The number of ether oxygens (including phenoxy) is 2. The highest BCUT2D eigenvalue weighted by Crippen LogP contribution is 2.16. The highest BCUT2D eigenvalue weighted by atomic mass is 16.6. The maximum Gasteiger partial charge on any atom is 0.306 e. The molecule has 5 heteroatoms. The first kappa shape index (κ1) is 51.9. The van der Waals surface area contributed by atoms with Crippen LogP contribution in [0.1, 0.15) is 232 Å². The van der Waals surface area contributed by atoms with E-state index in [1.54, 1.807) is 0 Å². The summed E-state index contributed by atoms with van der Waals surface area (Å²) in [5.41, 5.74) is 0. The zero-order valence-electron chi connectivity index (χ0n) is 35.7. The number of aliphatic hydroxyl groups is 1. The number of hydrogen-bond acceptors (Lipinski definition) is 5. The molecule has 0 aromatic carbocycles. The fourth-order valence-electron chi connectivity index (χ4n) is 6.66. The van der Waals surface area contributed by atoms with Gasteiger partial charge in [0.2, 0.25) is 0 Å². The van der Waals surface area contributed by atoms with Crippen LogP contribution in [-0.4, -0.2) is 36.4 Å². The largest absolute Gasteiger partial charge is 0.462 e. The summed E-state index contributed by atoms with van der Waals surface area (Å²) in [4.78, 5) is 24.0. The topological polar surface area (TPSA) is 72.8 Å². The Bertz CT molecular complexity index is 904. The lowest BCUT2D eigenvalue weighted by molar-refractivity contribution is -0.161. The fourth-order valence-corrected chi connectivity index (χ4v) is 6.66. The molecular formula is C49H88O5. The second kappa shape index (κ2) is 45.3. The molecule has 1 atom stereocenters. The number of carbonyl (C=O) groups is 2. The van der Waals surface area contributed by atoms with Gasteiger partial charge in [0.1, 0.15) is 6.61 Å². The molecule has 0 radical (unpaired) electrons. The lowest BCUT2D eigenvalue weighted by Crippen LogP contribution is -2.28. The molecule has 0 aromatic heterocycles. The highest BCUT2D eigenvalue weighted by molar-refractivity contribution is 5.70. The first-order chi connectivity index (χ1) is 26.6. The van der Waals surface area contributed by atoms with Crippen molar-refractivity contribution >= 4 is 11.9 Å². The Labute approximate surface area is 335 Å². The lowest BCUT2D eigenvalue weighted by atomic mass is 10.0. The summed E-state index contributed by atoms with van der Waals surface area (Å²) in [5.74, 6) is -0.597. The summed E-state index contributed by atoms with van der Waals surface area (Å²) >= 11 is 0. The summed E-state index contributed by atoms with van der Waals surface area (Å²) in [7, 11) is 0. The summed E-state index contributed by atoms with van der Waals surface area (Å²) in [6.07, 6.45) is 58.3. The van der Waals surface area contributed by atoms with Crippen LogP contribution in [0.5, 0.6) is 0 Å². The SMILES string of the molecule is CC/C=C\C/C=C\C/C=C\C/C=C\CCCCCCCCCCCCCCCCCCCCCCCCC(=O)OC(CO)COC(=O)CCCCCCC. The normalized spacial score (nSPS) is 12.6. The minimum atomic E-state index is -0.763. The van der Waals surface area contributed by atoms with E-state index in [2.05, 4.69) is 62.5 Å². The molecule has 1 N–H and O–H groups in total. The van der Waals surface area contributed by atoms with Crippen LogP contribution in [0.3, 0.4) is 0 Å². The molecule has 0 heterocycles. The van der Waals surface area contributed by atoms with Gasteiger partial charge < -0.3 is 14.6 Å². The molecular weight excluding hydrogens is 669 g/mol. The van der Waals surface area contributed by atoms with Gasteiger partial charge in [-0.3, -0.25) is 9.59 Å². The van der Waals surface area contributed by atoms with Gasteiger partial charge in [-0.2, -0.15) is 0 Å². The van der Waals surface area contributed by atoms with E-state index in [0.29, 0.717) is 12.8 Å². The third-order valence-corrected chi connectivity index (χ3v) is 10.1. The van der Waals surface area contributed by atoms with Crippen molar-refractivity contribution in [3.63, 3.8) is 0 Å². The Kier molecular flexibility index (Phi) is 43.5. The van der Waals surface area contributed by atoms with Crippen molar-refractivity contribution in [2.24, 2.45) is 0 Å². The van der Waals surface area contributed by atoms with Gasteiger partial charge in [0.25, 0.3) is 0 Å². The molecule has 0 aromatic rings. The number of unbranched alkanes of at least 4 members (excludes halogenated alkanes) is 26. The molecule has 0 bridgehead atoms. The van der Waals surface area contributed by atoms with Crippen LogP contribution in [0.2, 0.25) is 0 Å². The summed E-state index contributed by atoms with van der Waals surface area (Å²) in [6.45, 7) is 3.94. The smallest absolute Gasteiger partial charge is 0.306 e. The van der Waals surface area contributed by atoms with Crippen molar-refractivity contribution in [2.75, 3.05) is 13.2 Å². The van der Waals surface area contributed by atoms with E-state index >= 15 is 0 Å². The van der Waals surface area contributed by atoms with Gasteiger partial charge in [-0.25, -0.2) is 0 Å². The molecule has 0 aliphatic rings. The summed E-state index contributed by atoms with van der Waals surface area (Å²) in [6, 6.07) is 0. The van der Waals surface area contributed by atoms with Gasteiger partial charge in [0, 0.05) is 12.8 Å². The Morgan fingerprint density at radius 2 is 0.796 bits per heavy atom. The minimum absolute atomic E-state index is 0.0634. The Morgan fingerprint density at radius 3 is 1.20 bits per heavy atom. The molecule has 0 fully saturated rings. The van der Waals surface area contributed by atoms with Crippen molar-refractivity contribution in [3.8, 4) is 0 Å². The Morgan fingerprint density at radius 1 is 0.444 bits per heavy atom. The second-order valence-corrected chi connectivity index (χ2v) is 15.5. The van der Waals surface area contributed by atoms with E-state index in [4.69, 9.17) is 9.47 Å². The Balaban J connectivity index is 3.35. The minimum Gasteiger partial charge on any atom is -0.462 e. The molecule has 314 valence electrons. The number of esters is 2. The van der Waals surface area contributed by atoms with E-state index in [1.165, 1.54) is 141 Å². The van der Waals surface area contributed by atoms with Gasteiger partial charge >= 0.3 is 11.9 Å². The first-order valence-electron chi connectivity index (χ1n) is 23.2. The maximum atomic E-state index is 12.1. The molecule has 0 saturated heterocycles. The van der Waals surface area contributed by atoms with Crippen LogP contribution in [0.25, 0.3) is 0 Å². The zero-order valence-corrected chi connectivity index (χ0v) is 35.7. The van der Waals surface area contributed by atoms with Gasteiger partial charge in [-0.15, -0.1) is 0 Å². The van der Waals surface area contributed by atoms with Crippen LogP contribution in [0, 0.1) is 0 Å². The molecule has 0 amide bonds. The van der Waals surface area contributed by atoms with E-state index in [1.807, 2.05) is 0 Å². The average Bonchev–Trinajstić information content (AvgIpc) is 3.17. The van der Waals surface area contributed by atoms with Crippen LogP contribution < -0.4 is 0 Å². The van der Waals surface area contributed by atoms with Crippen molar-refractivity contribution in [2.45, 2.75) is 238 Å². The van der Waals surface area contributed by atoms with Gasteiger partial charge in [-0.05, 0) is 51.4 Å². The molecule has 0 aliphatic heterocycles. The van der Waals surface area contributed by atoms with Crippen LogP contribution in [-0.2, 0) is 19.1 Å². The molecule has 0 spiro atoms. The van der Waals surface area contributed by atoms with Crippen LogP contribution in [0.15, 0.2) is 48.6 Å². The molecule has 0 aliphatic carbocycles. The molecule has 5 nitrogen and oxygen atoms in total. The Hall–Kier alpha value is -2.14. The molecule has 0 saturated carbocycles. The third-order valence-electron chi connectivity index (χ3n) is 10.1. The van der Waals surface area contributed by atoms with E-state index in [9.17, 15) is 14.7 Å². The number of rotatable bonds is 42. The molecule has 0 rings (SSSR count). The number of allylic oxidation sites excluding steroid dienone is 8. The summed E-state index contributed by atoms with van der Waals surface area (Å²) < 4.78 is 10.5. The van der Waals surface area contributed by atoms with Crippen molar-refractivity contribution in [3.05, 3.63) is 48.6 Å². The first-order valence-corrected chi connectivity index (χ1v) is 23.2. The predicted molar refractivity (Wildman–Crippen MR) is 233 cm³/mol. The van der Waals surface area contributed by atoms with Crippen LogP contribution >= 0.6 is 0 Å². The summed E-state index contributed by atoms with van der Waals surface area (Å²) in [5, 5.41) is 9.49. The van der Waals surface area contributed by atoms with E-state index in [0.717, 1.165) is 64.2 Å². The predicted octanol–water partition coefficient (Wildman–Crippen LogP) is 15.0. The lowest BCUT2D eigenvalue weighted by Gasteiger charge is -2.15. The van der Waals surface area contributed by atoms with Crippen molar-refractivity contribution < 1.29 is 24.2 Å². The standard InChI is InChI=1S/C49H88O5/c1-3-5-7-9-10-11-12-13-14-15-16-17-18-19-20-21-22-23-24-25-26-27-28-29-30-31-32-33-34-35-36-37-38-40-42-44-49(52)54-47(45-50)46-53-48(51)43-41-39-8-6-4-2/h5,7,10-11,13-14,16-17,47,50H,3-4,6,8-9,12,15,18-46H2,1-2H3/b7-5-,11-10-,14-13-,17-16-. The highest BCUT2D eigenvalue weighted by Gasteiger charge is 2.16. The number of hydrogen-bond donors (Lipinski definition) is 1. The average molecular weight is 757 g/mol. The second-order valence-electron chi connectivity index (χ2n) is 15.5. The molecule has 54 heavy (non-hydrogen) atoms. The number of aliphatic hydroxyl groups excluding tert-OH is 1. The van der Waals surface area contributed by atoms with E-state index in [-0.39, 0.29) is 25.2 Å². The maximum absolute atomic E-state index is 12.1. The zero-order chi connectivity index (χ0) is 39.3. The van der Waals surface area contributed by atoms with Gasteiger partial charge in [0.15, 0.2) is 6.10 Å². The quantitative estimate of drug-likeness (QED) is 0.0381. The molecule has 1 unspecified atom stereocenters. The third kappa shape index (κ3) is 42.6. The van der Waals surface area contributed by atoms with Crippen molar-refractivity contribution in [1.29, 1.82) is 0 Å². The van der Waals surface area contributed by atoms with Crippen molar-refractivity contribution in [1.82, 2.24) is 0 Å². The fraction of sp³-hybridized carbons (Fsp3) is 0.796. The van der Waals surface area contributed by atoms with Gasteiger partial charge in [0.05, 0.1) is 6.61 Å². The monoisotopic (exact) mass is 757 g/mol. The van der Waals surface area contributed by atoms with E-state index < -0.39 is 6.10 Å². The van der Waals surface area contributed by atoms with Crippen LogP contribution in [0.4, 0.5) is 0 Å². The van der Waals surface area contributed by atoms with Gasteiger partial charge in [-0.1, -0.05) is 217 Å².